The molecule has 1 aromatic carbocycles. The van der Waals surface area contributed by atoms with Crippen LogP contribution in [-0.2, 0) is 14.8 Å². The molecule has 4 unspecified atom stereocenters. The summed E-state index contributed by atoms with van der Waals surface area (Å²) < 4.78 is 32.5. The summed E-state index contributed by atoms with van der Waals surface area (Å²) in [6, 6.07) is 7.87. The highest BCUT2D eigenvalue weighted by molar-refractivity contribution is 7.89. The van der Waals surface area contributed by atoms with Crippen LogP contribution in [0.2, 0.25) is 0 Å². The largest absolute Gasteiger partial charge is 0.376 e. The standard InChI is InChI=1S/C12H16N2O3S/c13-10-9-6-7-17-12(9)11(10)14-18(15,16)8-4-2-1-3-5-8/h1-5,9-12,14H,6-7,13H2. The Bertz CT molecular complexity index is 532. The highest BCUT2D eigenvalue weighted by atomic mass is 32.2. The van der Waals surface area contributed by atoms with E-state index in [2.05, 4.69) is 4.72 Å². The summed E-state index contributed by atoms with van der Waals surface area (Å²) in [5.41, 5.74) is 5.99. The second-order valence-electron chi connectivity index (χ2n) is 4.83. The van der Waals surface area contributed by atoms with Gasteiger partial charge in [0, 0.05) is 18.6 Å². The summed E-state index contributed by atoms with van der Waals surface area (Å²) >= 11 is 0. The van der Waals surface area contributed by atoms with E-state index in [0.717, 1.165) is 6.42 Å². The molecule has 0 radical (unpaired) electrons. The number of nitrogens with one attached hydrogen (secondary N) is 1. The van der Waals surface area contributed by atoms with Crippen LogP contribution in [0.5, 0.6) is 0 Å². The summed E-state index contributed by atoms with van der Waals surface area (Å²) in [6.45, 7) is 0.673. The SMILES string of the molecule is NC1C2CCOC2C1NS(=O)(=O)c1ccccc1. The third kappa shape index (κ3) is 1.85. The van der Waals surface area contributed by atoms with Gasteiger partial charge in [0.25, 0.3) is 0 Å². The van der Waals surface area contributed by atoms with E-state index in [0.29, 0.717) is 12.5 Å². The zero-order valence-electron chi connectivity index (χ0n) is 9.82. The lowest BCUT2D eigenvalue weighted by atomic mass is 9.73. The van der Waals surface area contributed by atoms with Crippen LogP contribution in [0.3, 0.4) is 0 Å². The van der Waals surface area contributed by atoms with E-state index in [9.17, 15) is 8.42 Å². The molecule has 1 heterocycles. The molecule has 18 heavy (non-hydrogen) atoms. The maximum atomic E-state index is 12.1. The van der Waals surface area contributed by atoms with Crippen LogP contribution in [0.1, 0.15) is 6.42 Å². The van der Waals surface area contributed by atoms with Crippen molar-refractivity contribution in [3.8, 4) is 0 Å². The molecule has 3 N–H and O–H groups in total. The van der Waals surface area contributed by atoms with E-state index in [-0.39, 0.29) is 23.1 Å². The highest BCUT2D eigenvalue weighted by Crippen LogP contribution is 2.38. The van der Waals surface area contributed by atoms with E-state index >= 15 is 0 Å². The molecule has 2 fully saturated rings. The average molecular weight is 268 g/mol. The normalized spacial score (nSPS) is 34.9. The molecule has 1 saturated heterocycles. The number of nitrogens with two attached hydrogens (primary N) is 1. The highest BCUT2D eigenvalue weighted by Gasteiger charge is 2.53. The molecule has 0 spiro atoms. The maximum absolute atomic E-state index is 12.1. The van der Waals surface area contributed by atoms with Gasteiger partial charge >= 0.3 is 0 Å². The summed E-state index contributed by atoms with van der Waals surface area (Å²) in [4.78, 5) is 0.263. The van der Waals surface area contributed by atoms with Crippen molar-refractivity contribution < 1.29 is 13.2 Å². The van der Waals surface area contributed by atoms with Crippen molar-refractivity contribution in [2.24, 2.45) is 11.7 Å². The van der Waals surface area contributed by atoms with Crippen molar-refractivity contribution >= 4 is 10.0 Å². The monoisotopic (exact) mass is 268 g/mol. The minimum absolute atomic E-state index is 0.0570. The molecule has 1 aliphatic heterocycles. The van der Waals surface area contributed by atoms with Crippen molar-refractivity contribution in [3.63, 3.8) is 0 Å². The van der Waals surface area contributed by atoms with E-state index in [4.69, 9.17) is 10.5 Å². The molecule has 0 aromatic heterocycles. The quantitative estimate of drug-likeness (QED) is 0.813. The summed E-state index contributed by atoms with van der Waals surface area (Å²) in [5.74, 6) is 0.300. The van der Waals surface area contributed by atoms with Gasteiger partial charge in [0.15, 0.2) is 0 Å². The van der Waals surface area contributed by atoms with Crippen molar-refractivity contribution in [2.45, 2.75) is 29.5 Å². The molecular formula is C12H16N2O3S. The van der Waals surface area contributed by atoms with Crippen LogP contribution < -0.4 is 10.5 Å². The molecule has 6 heteroatoms. The Hall–Kier alpha value is -0.950. The second kappa shape index (κ2) is 4.31. The Kier molecular flexibility index (Phi) is 2.90. The van der Waals surface area contributed by atoms with Crippen molar-refractivity contribution in [2.75, 3.05) is 6.61 Å². The fraction of sp³-hybridized carbons (Fsp3) is 0.500. The molecule has 2 aliphatic rings. The number of ether oxygens (including phenoxy) is 1. The molecule has 1 aromatic rings. The fourth-order valence-electron chi connectivity index (χ4n) is 2.74. The second-order valence-corrected chi connectivity index (χ2v) is 6.54. The Morgan fingerprint density at radius 1 is 1.28 bits per heavy atom. The number of sulfonamides is 1. The predicted molar refractivity (Wildman–Crippen MR) is 66.4 cm³/mol. The van der Waals surface area contributed by atoms with Crippen molar-refractivity contribution in [3.05, 3.63) is 30.3 Å². The van der Waals surface area contributed by atoms with Crippen LogP contribution in [0.4, 0.5) is 0 Å². The Morgan fingerprint density at radius 2 is 2.00 bits per heavy atom. The van der Waals surface area contributed by atoms with Gasteiger partial charge in [-0.1, -0.05) is 18.2 Å². The molecule has 1 aliphatic carbocycles. The van der Waals surface area contributed by atoms with Gasteiger partial charge in [0.05, 0.1) is 17.0 Å². The van der Waals surface area contributed by atoms with Crippen LogP contribution in [-0.4, -0.2) is 33.2 Å². The molecule has 3 rings (SSSR count). The van der Waals surface area contributed by atoms with Crippen molar-refractivity contribution in [1.29, 1.82) is 0 Å². The molecule has 4 atom stereocenters. The zero-order valence-corrected chi connectivity index (χ0v) is 10.6. The number of hydrogen-bond acceptors (Lipinski definition) is 4. The van der Waals surface area contributed by atoms with Crippen molar-refractivity contribution in [1.82, 2.24) is 4.72 Å². The van der Waals surface area contributed by atoms with E-state index in [1.165, 1.54) is 0 Å². The number of benzene rings is 1. The van der Waals surface area contributed by atoms with Gasteiger partial charge in [-0.15, -0.1) is 0 Å². The van der Waals surface area contributed by atoms with Gasteiger partial charge in [0.2, 0.25) is 10.0 Å². The Labute approximate surface area is 106 Å². The number of rotatable bonds is 3. The number of hydrogen-bond donors (Lipinski definition) is 2. The maximum Gasteiger partial charge on any atom is 0.240 e. The summed E-state index contributed by atoms with van der Waals surface area (Å²) in [6.07, 6.45) is 0.869. The lowest BCUT2D eigenvalue weighted by molar-refractivity contribution is -0.00923. The third-order valence-electron chi connectivity index (χ3n) is 3.79. The van der Waals surface area contributed by atoms with Gasteiger partial charge < -0.3 is 10.5 Å². The first-order chi connectivity index (χ1) is 8.59. The minimum Gasteiger partial charge on any atom is -0.376 e. The Balaban J connectivity index is 1.77. The molecule has 98 valence electrons. The Morgan fingerprint density at radius 3 is 2.72 bits per heavy atom. The van der Waals surface area contributed by atoms with Gasteiger partial charge in [0.1, 0.15) is 0 Å². The van der Waals surface area contributed by atoms with E-state index < -0.39 is 10.0 Å². The van der Waals surface area contributed by atoms with Gasteiger partial charge in [-0.2, -0.15) is 0 Å². The first-order valence-corrected chi connectivity index (χ1v) is 7.52. The lowest BCUT2D eigenvalue weighted by Gasteiger charge is -2.45. The average Bonchev–Trinajstić information content (AvgIpc) is 2.82. The molecule has 1 saturated carbocycles. The summed E-state index contributed by atoms with van der Waals surface area (Å²) in [5, 5.41) is 0. The van der Waals surface area contributed by atoms with E-state index in [1.54, 1.807) is 30.3 Å². The van der Waals surface area contributed by atoms with E-state index in [1.807, 2.05) is 0 Å². The van der Waals surface area contributed by atoms with Crippen LogP contribution in [0.15, 0.2) is 35.2 Å². The lowest BCUT2D eigenvalue weighted by Crippen LogP contribution is -2.68. The first-order valence-electron chi connectivity index (χ1n) is 6.04. The van der Waals surface area contributed by atoms with Gasteiger partial charge in [-0.25, -0.2) is 13.1 Å². The van der Waals surface area contributed by atoms with Gasteiger partial charge in [-0.05, 0) is 18.6 Å². The van der Waals surface area contributed by atoms with Crippen LogP contribution in [0.25, 0.3) is 0 Å². The molecule has 0 amide bonds. The molecular weight excluding hydrogens is 252 g/mol. The molecule has 0 bridgehead atoms. The molecule has 5 nitrogen and oxygen atoms in total. The topological polar surface area (TPSA) is 81.4 Å². The minimum atomic E-state index is -3.50. The van der Waals surface area contributed by atoms with Crippen LogP contribution in [0, 0.1) is 5.92 Å². The summed E-state index contributed by atoms with van der Waals surface area (Å²) in [7, 11) is -3.50. The van der Waals surface area contributed by atoms with Gasteiger partial charge in [-0.3, -0.25) is 0 Å². The zero-order chi connectivity index (χ0) is 12.8. The third-order valence-corrected chi connectivity index (χ3v) is 5.27. The fourth-order valence-corrected chi connectivity index (χ4v) is 4.04. The smallest absolute Gasteiger partial charge is 0.240 e. The van der Waals surface area contributed by atoms with Crippen LogP contribution >= 0.6 is 0 Å². The first kappa shape index (κ1) is 12.1. The number of fused-ring (bicyclic) bond motifs is 1. The predicted octanol–water partition coefficient (Wildman–Crippen LogP) is 0.0795.